The summed E-state index contributed by atoms with van der Waals surface area (Å²) in [7, 11) is 0. The lowest BCUT2D eigenvalue weighted by Gasteiger charge is -2.02. The summed E-state index contributed by atoms with van der Waals surface area (Å²) in [6.45, 7) is 1.45. The molecule has 14 heavy (non-hydrogen) atoms. The molecule has 0 amide bonds. The molecular formula is C11H10O3. The van der Waals surface area contributed by atoms with Crippen molar-refractivity contribution < 1.29 is 14.4 Å². The molecule has 0 fully saturated rings. The minimum Gasteiger partial charge on any atom is -0.300 e. The van der Waals surface area contributed by atoms with Gasteiger partial charge in [0.2, 0.25) is 0 Å². The maximum Gasteiger partial charge on any atom is 0.150 e. The monoisotopic (exact) mass is 190 g/mol. The van der Waals surface area contributed by atoms with E-state index in [4.69, 9.17) is 0 Å². The quantitative estimate of drug-likeness (QED) is 0.675. The van der Waals surface area contributed by atoms with Crippen molar-refractivity contribution in [3.8, 4) is 0 Å². The smallest absolute Gasteiger partial charge is 0.150 e. The first-order valence-corrected chi connectivity index (χ1v) is 4.20. The molecule has 1 rings (SSSR count). The molecule has 0 bridgehead atoms. The van der Waals surface area contributed by atoms with Gasteiger partial charge in [0.25, 0.3) is 0 Å². The Hall–Kier alpha value is -1.77. The Balaban J connectivity index is 3.13. The summed E-state index contributed by atoms with van der Waals surface area (Å²) in [4.78, 5) is 32.0. The second-order valence-corrected chi connectivity index (χ2v) is 3.07. The highest BCUT2D eigenvalue weighted by Gasteiger charge is 2.05. The van der Waals surface area contributed by atoms with E-state index in [-0.39, 0.29) is 12.2 Å². The third kappa shape index (κ3) is 2.36. The van der Waals surface area contributed by atoms with Crippen LogP contribution in [-0.4, -0.2) is 18.4 Å². The fraction of sp³-hybridized carbons (Fsp3) is 0.182. The highest BCUT2D eigenvalue weighted by Crippen LogP contribution is 2.10. The molecule has 3 heteroatoms. The minimum absolute atomic E-state index is 0.0313. The van der Waals surface area contributed by atoms with E-state index in [1.54, 1.807) is 18.2 Å². The van der Waals surface area contributed by atoms with Crippen LogP contribution in [-0.2, 0) is 11.2 Å². The zero-order chi connectivity index (χ0) is 10.6. The number of aldehydes is 2. The minimum atomic E-state index is -0.0313. The van der Waals surface area contributed by atoms with Crippen LogP contribution in [0.15, 0.2) is 18.2 Å². The van der Waals surface area contributed by atoms with Crippen molar-refractivity contribution in [2.75, 3.05) is 0 Å². The Morgan fingerprint density at radius 2 is 2.00 bits per heavy atom. The standard InChI is InChI=1S/C11H10O3/c1-8(14)4-11-5-9(6-12)2-3-10(11)7-13/h2-3,5-7H,4H2,1H3. The first-order valence-electron chi connectivity index (χ1n) is 4.20. The summed E-state index contributed by atoms with van der Waals surface area (Å²) in [5.74, 6) is -0.0313. The van der Waals surface area contributed by atoms with Crippen molar-refractivity contribution in [1.82, 2.24) is 0 Å². The average Bonchev–Trinajstić information content (AvgIpc) is 2.16. The van der Waals surface area contributed by atoms with Gasteiger partial charge in [-0.25, -0.2) is 0 Å². The van der Waals surface area contributed by atoms with E-state index in [9.17, 15) is 14.4 Å². The lowest BCUT2D eigenvalue weighted by atomic mass is 10.0. The van der Waals surface area contributed by atoms with Gasteiger partial charge in [0.05, 0.1) is 0 Å². The maximum absolute atomic E-state index is 10.9. The molecule has 1 aromatic rings. The molecule has 3 nitrogen and oxygen atoms in total. The van der Waals surface area contributed by atoms with Gasteiger partial charge in [-0.15, -0.1) is 0 Å². The SMILES string of the molecule is CC(=O)Cc1cc(C=O)ccc1C=O. The summed E-state index contributed by atoms with van der Waals surface area (Å²) in [6.07, 6.45) is 1.57. The van der Waals surface area contributed by atoms with Gasteiger partial charge in [0.15, 0.2) is 0 Å². The van der Waals surface area contributed by atoms with Crippen LogP contribution < -0.4 is 0 Å². The van der Waals surface area contributed by atoms with Crippen LogP contribution in [0.3, 0.4) is 0 Å². The largest absolute Gasteiger partial charge is 0.300 e. The Bertz CT molecular complexity index is 380. The lowest BCUT2D eigenvalue weighted by Crippen LogP contribution is -2.01. The van der Waals surface area contributed by atoms with Crippen LogP contribution in [0.2, 0.25) is 0 Å². The van der Waals surface area contributed by atoms with E-state index in [1.807, 2.05) is 0 Å². The van der Waals surface area contributed by atoms with Crippen molar-refractivity contribution >= 4 is 18.4 Å². The van der Waals surface area contributed by atoms with Crippen molar-refractivity contribution in [1.29, 1.82) is 0 Å². The van der Waals surface area contributed by atoms with Gasteiger partial charge >= 0.3 is 0 Å². The first-order chi connectivity index (χ1) is 6.67. The Labute approximate surface area is 81.7 Å². The molecule has 72 valence electrons. The topological polar surface area (TPSA) is 51.2 Å². The highest BCUT2D eigenvalue weighted by atomic mass is 16.1. The number of hydrogen-bond acceptors (Lipinski definition) is 3. The summed E-state index contributed by atoms with van der Waals surface area (Å²) in [5.41, 5.74) is 1.55. The molecule has 0 aliphatic rings. The van der Waals surface area contributed by atoms with E-state index >= 15 is 0 Å². The molecule has 0 atom stereocenters. The fourth-order valence-electron chi connectivity index (χ4n) is 1.24. The van der Waals surface area contributed by atoms with Crippen molar-refractivity contribution in [3.05, 3.63) is 34.9 Å². The number of hydrogen-bond donors (Lipinski definition) is 0. The summed E-state index contributed by atoms with van der Waals surface area (Å²) in [6, 6.07) is 4.67. The second kappa shape index (κ2) is 4.46. The summed E-state index contributed by atoms with van der Waals surface area (Å²) < 4.78 is 0. The van der Waals surface area contributed by atoms with Crippen molar-refractivity contribution in [2.24, 2.45) is 0 Å². The van der Waals surface area contributed by atoms with Crippen LogP contribution in [0.5, 0.6) is 0 Å². The molecule has 0 spiro atoms. The predicted octanol–water partition coefficient (Wildman–Crippen LogP) is 1.44. The van der Waals surface area contributed by atoms with E-state index < -0.39 is 0 Å². The zero-order valence-corrected chi connectivity index (χ0v) is 7.82. The lowest BCUT2D eigenvalue weighted by molar-refractivity contribution is -0.116. The van der Waals surface area contributed by atoms with Crippen molar-refractivity contribution in [2.45, 2.75) is 13.3 Å². The molecule has 1 aromatic carbocycles. The number of carbonyl (C=O) groups is 3. The van der Waals surface area contributed by atoms with Crippen LogP contribution >= 0.6 is 0 Å². The molecular weight excluding hydrogens is 180 g/mol. The summed E-state index contributed by atoms with van der Waals surface area (Å²) >= 11 is 0. The highest BCUT2D eigenvalue weighted by molar-refractivity contribution is 5.86. The first kappa shape index (κ1) is 10.3. The van der Waals surface area contributed by atoms with Crippen LogP contribution in [0.1, 0.15) is 33.2 Å². The third-order valence-electron chi connectivity index (χ3n) is 1.87. The van der Waals surface area contributed by atoms with Crippen LogP contribution in [0.4, 0.5) is 0 Å². The molecule has 0 saturated heterocycles. The van der Waals surface area contributed by atoms with Gasteiger partial charge in [-0.2, -0.15) is 0 Å². The number of carbonyl (C=O) groups excluding carboxylic acids is 3. The van der Waals surface area contributed by atoms with Gasteiger partial charge < -0.3 is 0 Å². The number of ketones is 1. The predicted molar refractivity (Wildman–Crippen MR) is 51.6 cm³/mol. The molecule has 0 N–H and O–H groups in total. The molecule has 0 saturated carbocycles. The third-order valence-corrected chi connectivity index (χ3v) is 1.87. The Kier molecular flexibility index (Phi) is 3.29. The summed E-state index contributed by atoms with van der Waals surface area (Å²) in [5, 5.41) is 0. The average molecular weight is 190 g/mol. The van der Waals surface area contributed by atoms with Gasteiger partial charge in [-0.05, 0) is 18.6 Å². The van der Waals surface area contributed by atoms with Crippen LogP contribution in [0, 0.1) is 0 Å². The Morgan fingerprint density at radius 3 is 2.50 bits per heavy atom. The number of benzene rings is 1. The Morgan fingerprint density at radius 1 is 1.29 bits per heavy atom. The molecule has 0 radical (unpaired) electrons. The van der Waals surface area contributed by atoms with E-state index in [1.165, 1.54) is 6.92 Å². The van der Waals surface area contributed by atoms with Gasteiger partial charge in [-0.3, -0.25) is 14.4 Å². The maximum atomic E-state index is 10.9. The molecule has 0 heterocycles. The molecule has 0 aliphatic carbocycles. The van der Waals surface area contributed by atoms with Crippen molar-refractivity contribution in [3.63, 3.8) is 0 Å². The van der Waals surface area contributed by atoms with Gasteiger partial charge in [0, 0.05) is 17.5 Å². The zero-order valence-electron chi connectivity index (χ0n) is 7.82. The number of rotatable bonds is 4. The van der Waals surface area contributed by atoms with E-state index in [0.717, 1.165) is 0 Å². The fourth-order valence-corrected chi connectivity index (χ4v) is 1.24. The van der Waals surface area contributed by atoms with Gasteiger partial charge in [-0.1, -0.05) is 12.1 Å². The second-order valence-electron chi connectivity index (χ2n) is 3.07. The van der Waals surface area contributed by atoms with Crippen LogP contribution in [0.25, 0.3) is 0 Å². The van der Waals surface area contributed by atoms with E-state index in [0.29, 0.717) is 29.3 Å². The number of Topliss-reactive ketones (excluding diaryl/α,β-unsaturated/α-hetero) is 1. The molecule has 0 aromatic heterocycles. The normalized spacial score (nSPS) is 9.50. The molecule has 0 aliphatic heterocycles. The van der Waals surface area contributed by atoms with Gasteiger partial charge in [0.1, 0.15) is 18.4 Å². The van der Waals surface area contributed by atoms with E-state index in [2.05, 4.69) is 0 Å². The molecule has 0 unspecified atom stereocenters.